The van der Waals surface area contributed by atoms with E-state index in [9.17, 15) is 4.79 Å². The quantitative estimate of drug-likeness (QED) is 0.426. The molecule has 27 heavy (non-hydrogen) atoms. The van der Waals surface area contributed by atoms with Gasteiger partial charge in [-0.2, -0.15) is 0 Å². The third-order valence-electron chi connectivity index (χ3n) is 4.28. The second-order valence-electron chi connectivity index (χ2n) is 6.19. The number of halogens is 1. The molecule has 0 bridgehead atoms. The second-order valence-corrected chi connectivity index (χ2v) is 7.54. The third kappa shape index (κ3) is 4.70. The van der Waals surface area contributed by atoms with E-state index in [1.807, 2.05) is 55.8 Å². The van der Waals surface area contributed by atoms with Crippen LogP contribution in [0.5, 0.6) is 5.75 Å². The van der Waals surface area contributed by atoms with Gasteiger partial charge in [-0.05, 0) is 43.2 Å². The minimum atomic E-state index is 0.0694. The lowest BCUT2D eigenvalue weighted by Gasteiger charge is -2.08. The van der Waals surface area contributed by atoms with E-state index in [-0.39, 0.29) is 12.4 Å². The van der Waals surface area contributed by atoms with Crippen LogP contribution < -0.4 is 4.74 Å². The second kappa shape index (κ2) is 8.59. The van der Waals surface area contributed by atoms with Crippen molar-refractivity contribution in [2.75, 3.05) is 5.75 Å². The summed E-state index contributed by atoms with van der Waals surface area (Å²) in [6.45, 7) is 4.29. The summed E-state index contributed by atoms with van der Waals surface area (Å²) in [5.74, 6) is 1.64. The van der Waals surface area contributed by atoms with E-state index >= 15 is 0 Å². The SMILES string of the molecule is Cc1ccc(C(=O)CSc2nnc(COc3ccccc3Cl)n2C)cc1C. The molecule has 0 aliphatic rings. The average molecular weight is 402 g/mol. The first-order valence-corrected chi connectivity index (χ1v) is 9.81. The highest BCUT2D eigenvalue weighted by atomic mass is 35.5. The first kappa shape index (κ1) is 19.5. The Hall–Kier alpha value is -2.31. The van der Waals surface area contributed by atoms with Crippen LogP contribution in [0.2, 0.25) is 5.02 Å². The molecule has 0 spiro atoms. The molecule has 1 heterocycles. The molecule has 7 heteroatoms. The van der Waals surface area contributed by atoms with E-state index < -0.39 is 0 Å². The lowest BCUT2D eigenvalue weighted by molar-refractivity contribution is 0.102. The summed E-state index contributed by atoms with van der Waals surface area (Å²) in [4.78, 5) is 12.4. The van der Waals surface area contributed by atoms with Crippen molar-refractivity contribution in [3.63, 3.8) is 0 Å². The van der Waals surface area contributed by atoms with Crippen LogP contribution >= 0.6 is 23.4 Å². The molecule has 0 unspecified atom stereocenters. The number of ketones is 1. The van der Waals surface area contributed by atoms with Crippen LogP contribution in [0.25, 0.3) is 0 Å². The van der Waals surface area contributed by atoms with Crippen LogP contribution in [-0.2, 0) is 13.7 Å². The number of aromatic nitrogens is 3. The van der Waals surface area contributed by atoms with Gasteiger partial charge in [0, 0.05) is 12.6 Å². The largest absolute Gasteiger partial charge is 0.484 e. The van der Waals surface area contributed by atoms with Gasteiger partial charge in [-0.3, -0.25) is 4.79 Å². The Bertz CT molecular complexity index is 972. The van der Waals surface area contributed by atoms with Gasteiger partial charge in [-0.25, -0.2) is 0 Å². The number of hydrogen-bond acceptors (Lipinski definition) is 5. The monoisotopic (exact) mass is 401 g/mol. The number of thioether (sulfide) groups is 1. The molecule has 0 saturated heterocycles. The van der Waals surface area contributed by atoms with Crippen LogP contribution in [0.15, 0.2) is 47.6 Å². The molecule has 0 radical (unpaired) electrons. The van der Waals surface area contributed by atoms with Crippen LogP contribution in [0.3, 0.4) is 0 Å². The van der Waals surface area contributed by atoms with Crippen LogP contribution in [-0.4, -0.2) is 26.3 Å². The van der Waals surface area contributed by atoms with E-state index in [2.05, 4.69) is 10.2 Å². The summed E-state index contributed by atoms with van der Waals surface area (Å²) in [6, 6.07) is 13.0. The summed E-state index contributed by atoms with van der Waals surface area (Å²) in [7, 11) is 1.86. The van der Waals surface area contributed by atoms with Gasteiger partial charge < -0.3 is 9.30 Å². The van der Waals surface area contributed by atoms with E-state index in [4.69, 9.17) is 16.3 Å². The highest BCUT2D eigenvalue weighted by Gasteiger charge is 2.14. The number of ether oxygens (including phenoxy) is 1. The van der Waals surface area contributed by atoms with E-state index in [0.717, 1.165) is 11.1 Å². The number of para-hydroxylation sites is 1. The van der Waals surface area contributed by atoms with Gasteiger partial charge in [0.05, 0.1) is 10.8 Å². The Kier molecular flexibility index (Phi) is 6.19. The maximum Gasteiger partial charge on any atom is 0.191 e. The lowest BCUT2D eigenvalue weighted by atomic mass is 10.0. The molecule has 5 nitrogen and oxygen atoms in total. The molecule has 0 fully saturated rings. The van der Waals surface area contributed by atoms with Gasteiger partial charge in [0.1, 0.15) is 12.4 Å². The van der Waals surface area contributed by atoms with Crippen molar-refractivity contribution in [3.05, 3.63) is 70.0 Å². The fourth-order valence-corrected chi connectivity index (χ4v) is 3.44. The molecule has 1 aromatic heterocycles. The Morgan fingerprint density at radius 1 is 1.15 bits per heavy atom. The van der Waals surface area contributed by atoms with Crippen molar-refractivity contribution < 1.29 is 9.53 Å². The molecule has 0 N–H and O–H groups in total. The molecule has 3 aromatic rings. The van der Waals surface area contributed by atoms with Gasteiger partial charge in [0.2, 0.25) is 0 Å². The van der Waals surface area contributed by atoms with Crippen molar-refractivity contribution >= 4 is 29.1 Å². The number of carbonyl (C=O) groups is 1. The number of nitrogens with zero attached hydrogens (tertiary/aromatic N) is 3. The third-order valence-corrected chi connectivity index (χ3v) is 5.61. The first-order chi connectivity index (χ1) is 13.0. The summed E-state index contributed by atoms with van der Waals surface area (Å²) in [6.07, 6.45) is 0. The first-order valence-electron chi connectivity index (χ1n) is 8.44. The Morgan fingerprint density at radius 2 is 1.93 bits per heavy atom. The van der Waals surface area contributed by atoms with Gasteiger partial charge in [0.25, 0.3) is 0 Å². The number of carbonyl (C=O) groups excluding carboxylic acids is 1. The van der Waals surface area contributed by atoms with Gasteiger partial charge >= 0.3 is 0 Å². The number of rotatable bonds is 7. The highest BCUT2D eigenvalue weighted by molar-refractivity contribution is 7.99. The summed E-state index contributed by atoms with van der Waals surface area (Å²) in [5.41, 5.74) is 3.01. The van der Waals surface area contributed by atoms with Crippen molar-refractivity contribution in [3.8, 4) is 5.75 Å². The molecule has 0 saturated carbocycles. The average Bonchev–Trinajstić information content (AvgIpc) is 3.01. The Morgan fingerprint density at radius 3 is 2.67 bits per heavy atom. The van der Waals surface area contributed by atoms with Gasteiger partial charge in [-0.15, -0.1) is 10.2 Å². The zero-order chi connectivity index (χ0) is 19.4. The Balaban J connectivity index is 1.61. The number of hydrogen-bond donors (Lipinski definition) is 0. The molecule has 140 valence electrons. The van der Waals surface area contributed by atoms with Crippen molar-refractivity contribution in [1.29, 1.82) is 0 Å². The summed E-state index contributed by atoms with van der Waals surface area (Å²) < 4.78 is 7.53. The molecule has 0 aliphatic heterocycles. The summed E-state index contributed by atoms with van der Waals surface area (Å²) in [5, 5.41) is 9.53. The number of Topliss-reactive ketones (excluding diaryl/α,β-unsaturated/α-hetero) is 1. The highest BCUT2D eigenvalue weighted by Crippen LogP contribution is 2.24. The van der Waals surface area contributed by atoms with E-state index in [1.54, 1.807) is 12.1 Å². The number of aryl methyl sites for hydroxylation is 2. The molecule has 0 aliphatic carbocycles. The molecule has 3 rings (SSSR count). The lowest BCUT2D eigenvalue weighted by Crippen LogP contribution is -2.06. The van der Waals surface area contributed by atoms with Crippen molar-refractivity contribution in [1.82, 2.24) is 14.8 Å². The number of benzene rings is 2. The molecular weight excluding hydrogens is 382 g/mol. The smallest absolute Gasteiger partial charge is 0.191 e. The fourth-order valence-electron chi connectivity index (χ4n) is 2.43. The van der Waals surface area contributed by atoms with Gasteiger partial charge in [-0.1, -0.05) is 47.6 Å². The minimum Gasteiger partial charge on any atom is -0.484 e. The topological polar surface area (TPSA) is 57.0 Å². The predicted octanol–water partition coefficient (Wildman–Crippen LogP) is 4.64. The maximum atomic E-state index is 12.4. The minimum absolute atomic E-state index is 0.0694. The maximum absolute atomic E-state index is 12.4. The Labute approximate surface area is 167 Å². The zero-order valence-electron chi connectivity index (χ0n) is 15.4. The zero-order valence-corrected chi connectivity index (χ0v) is 17.0. The van der Waals surface area contributed by atoms with E-state index in [1.165, 1.54) is 17.3 Å². The predicted molar refractivity (Wildman–Crippen MR) is 108 cm³/mol. The summed E-state index contributed by atoms with van der Waals surface area (Å²) >= 11 is 7.45. The van der Waals surface area contributed by atoms with E-state index in [0.29, 0.717) is 27.5 Å². The van der Waals surface area contributed by atoms with Crippen molar-refractivity contribution in [2.45, 2.75) is 25.6 Å². The molecular formula is C20H20ClN3O2S. The molecule has 2 aromatic carbocycles. The van der Waals surface area contributed by atoms with Crippen LogP contribution in [0.4, 0.5) is 0 Å². The van der Waals surface area contributed by atoms with Gasteiger partial charge in [0.15, 0.2) is 16.8 Å². The molecule has 0 atom stereocenters. The van der Waals surface area contributed by atoms with Crippen molar-refractivity contribution in [2.24, 2.45) is 7.05 Å². The van der Waals surface area contributed by atoms with Crippen LogP contribution in [0, 0.1) is 13.8 Å². The van der Waals surface area contributed by atoms with Crippen LogP contribution in [0.1, 0.15) is 27.3 Å². The normalized spacial score (nSPS) is 10.8. The fraction of sp³-hybridized carbons (Fsp3) is 0.250. The standard InChI is InChI=1S/C20H20ClN3O2S/c1-13-8-9-15(10-14(13)2)17(25)12-27-20-23-22-19(24(20)3)11-26-18-7-5-4-6-16(18)21/h4-10H,11-12H2,1-3H3. The molecule has 0 amide bonds.